The van der Waals surface area contributed by atoms with E-state index in [1.807, 2.05) is 0 Å². The fourth-order valence-electron chi connectivity index (χ4n) is 8.90. The van der Waals surface area contributed by atoms with Gasteiger partial charge in [0.1, 0.15) is 47.3 Å². The molecule has 2 aliphatic heterocycles. The summed E-state index contributed by atoms with van der Waals surface area (Å²) in [6.45, 7) is 1.03. The van der Waals surface area contributed by atoms with Gasteiger partial charge in [0.15, 0.2) is 28.2 Å². The standard InChI is InChI=1S/C50H49N6O21P3/c1-29(54-49-48-50(52-26-51-49)55(27-53-48)46-24-41(62)45(75-46)25-73-79(68,69)77-80(70,71)76-78(65,66)67)35-16-12-30(20-39(35)56(63)64)8-6-7-10-32(58)9-4-2-3-5-11-40(61)31-13-19-42(72-28-57)38(21-31)47-36-17-14-33(59)22-43(36)74-44-23-34(60)15-18-37(44)47/h12-23,26-29,41,45-46,59,62H,2-5,7,9-11,24-25H2,1H3,(H,68,69)(H,70,71)(H,51,52,54)(H2,65,66,67)/t29?,41?,45-,46-/m1/s1. The van der Waals surface area contributed by atoms with Gasteiger partial charge in [-0.2, -0.15) is 8.62 Å². The lowest BCUT2D eigenvalue weighted by Crippen LogP contribution is -2.26. The molecule has 0 spiro atoms. The SMILES string of the molecule is CC(Nc1ncnc2c1ncn2[C@H]1CC(O)[C@@H](COP(=O)(O)OP(=O)(O)OP(=O)(O)O)O1)c1ccc(C#CCCC(=O)CCCCCCC(=O)c2ccc(OC=O)c(-c3c4ccc(=O)cc-4oc4cc(O)ccc34)c2)cc1[N+](=O)[O-]. The van der Waals surface area contributed by atoms with E-state index in [9.17, 15) is 63.0 Å². The molecule has 5 aromatic rings. The summed E-state index contributed by atoms with van der Waals surface area (Å²) in [6, 6.07) is 17.2. The summed E-state index contributed by atoms with van der Waals surface area (Å²) in [6.07, 6.45) is 2.11. The second-order valence-electron chi connectivity index (χ2n) is 18.2. The number of nitro benzene ring substituents is 1. The number of aliphatic hydroxyl groups excluding tert-OH is 1. The Bertz CT molecular complexity index is 3760. The smallest absolute Gasteiger partial charge is 0.490 e. The topological polar surface area (TPSA) is 399 Å². The van der Waals surface area contributed by atoms with Gasteiger partial charge < -0.3 is 49.0 Å². The van der Waals surface area contributed by atoms with Crippen molar-refractivity contribution in [2.24, 2.45) is 0 Å². The van der Waals surface area contributed by atoms with Crippen LogP contribution in [0.2, 0.25) is 0 Å². The van der Waals surface area contributed by atoms with Gasteiger partial charge >= 0.3 is 23.5 Å². The van der Waals surface area contributed by atoms with Gasteiger partial charge in [0.25, 0.3) is 12.2 Å². The Morgan fingerprint density at radius 1 is 0.925 bits per heavy atom. The van der Waals surface area contributed by atoms with Gasteiger partial charge in [0.2, 0.25) is 0 Å². The van der Waals surface area contributed by atoms with Crippen LogP contribution in [0, 0.1) is 22.0 Å². The Balaban J connectivity index is 0.801. The molecule has 8 rings (SSSR count). The van der Waals surface area contributed by atoms with Crippen molar-refractivity contribution >= 4 is 75.1 Å². The number of hydrogen-bond acceptors (Lipinski definition) is 21. The Kier molecular flexibility index (Phi) is 18.3. The number of phenolic OH excluding ortho intramolecular Hbond substituents is 1. The van der Waals surface area contributed by atoms with Crippen molar-refractivity contribution in [3.05, 3.63) is 122 Å². The van der Waals surface area contributed by atoms with Crippen molar-refractivity contribution in [3.8, 4) is 45.8 Å². The molecule has 3 aromatic carbocycles. The monoisotopic (exact) mass is 1160 g/mol. The molecule has 4 unspecified atom stereocenters. The van der Waals surface area contributed by atoms with Crippen molar-refractivity contribution in [1.29, 1.82) is 0 Å². The van der Waals surface area contributed by atoms with Gasteiger partial charge in [0, 0.05) is 83.5 Å². The Morgan fingerprint density at radius 2 is 1.70 bits per heavy atom. The van der Waals surface area contributed by atoms with Gasteiger partial charge in [-0.1, -0.05) is 24.7 Å². The minimum absolute atomic E-state index is 0.00824. The number of ketones is 2. The second-order valence-corrected chi connectivity index (χ2v) is 22.6. The molecule has 80 heavy (non-hydrogen) atoms. The van der Waals surface area contributed by atoms with Crippen LogP contribution in [-0.4, -0.2) is 91.1 Å². The lowest BCUT2D eigenvalue weighted by atomic mass is 9.91. The van der Waals surface area contributed by atoms with E-state index in [2.05, 4.69) is 45.3 Å². The molecular formula is C50H49N6O21P3. The number of aromatic nitrogens is 4. The van der Waals surface area contributed by atoms with Crippen LogP contribution in [0.15, 0.2) is 94.7 Å². The van der Waals surface area contributed by atoms with Gasteiger partial charge in [0.05, 0.1) is 35.6 Å². The second kappa shape index (κ2) is 24.9. The largest absolute Gasteiger partial charge is 0.508 e. The first-order valence-electron chi connectivity index (χ1n) is 24.3. The summed E-state index contributed by atoms with van der Waals surface area (Å²) in [4.78, 5) is 111. The molecule has 1 saturated heterocycles. The van der Waals surface area contributed by atoms with Crippen LogP contribution in [-0.2, 0) is 41.2 Å². The molecule has 4 heterocycles. The summed E-state index contributed by atoms with van der Waals surface area (Å²) >= 11 is 0. The first kappa shape index (κ1) is 58.7. The van der Waals surface area contributed by atoms with Crippen LogP contribution in [0.25, 0.3) is 44.6 Å². The van der Waals surface area contributed by atoms with Gasteiger partial charge in [-0.3, -0.25) is 38.4 Å². The number of unbranched alkanes of at least 4 members (excludes halogenated alkanes) is 3. The average Bonchev–Trinajstić information content (AvgIpc) is 4.02. The van der Waals surface area contributed by atoms with Gasteiger partial charge in [-0.15, -0.1) is 0 Å². The third-order valence-electron chi connectivity index (χ3n) is 12.5. The maximum absolute atomic E-state index is 13.5. The number of nitrogens with one attached hydrogen (secondary N) is 1. The predicted octanol–water partition coefficient (Wildman–Crippen LogP) is 7.94. The quantitative estimate of drug-likeness (QED) is 0.00417. The fourth-order valence-corrected chi connectivity index (χ4v) is 11.9. The van der Waals surface area contributed by atoms with Crippen LogP contribution >= 0.6 is 23.5 Å². The highest BCUT2D eigenvalue weighted by molar-refractivity contribution is 7.66. The number of fused-ring (bicyclic) bond motifs is 3. The Morgan fingerprint density at radius 3 is 2.45 bits per heavy atom. The molecule has 0 radical (unpaired) electrons. The number of benzene rings is 4. The lowest BCUT2D eigenvalue weighted by Gasteiger charge is -2.19. The zero-order valence-corrected chi connectivity index (χ0v) is 44.6. The highest BCUT2D eigenvalue weighted by atomic mass is 31.3. The van der Waals surface area contributed by atoms with Crippen LogP contribution in [0.4, 0.5) is 11.5 Å². The van der Waals surface area contributed by atoms with E-state index in [-0.39, 0.29) is 100 Å². The van der Waals surface area contributed by atoms with Gasteiger partial charge in [-0.05, 0) is 74.4 Å². The van der Waals surface area contributed by atoms with E-state index >= 15 is 0 Å². The minimum Gasteiger partial charge on any atom is -0.508 e. The molecule has 0 bridgehead atoms. The number of imidazole rings is 1. The highest BCUT2D eigenvalue weighted by Gasteiger charge is 2.43. The van der Waals surface area contributed by atoms with Crippen molar-refractivity contribution in [2.75, 3.05) is 11.9 Å². The number of carbonyl (C=O) groups excluding carboxylic acids is 3. The molecule has 30 heteroatoms. The minimum atomic E-state index is -5.77. The van der Waals surface area contributed by atoms with Crippen molar-refractivity contribution < 1.29 is 89.8 Å². The maximum Gasteiger partial charge on any atom is 0.490 e. The number of ether oxygens (including phenoxy) is 2. The van der Waals surface area contributed by atoms with Crippen LogP contribution in [0.3, 0.4) is 0 Å². The molecular weight excluding hydrogens is 1110 g/mol. The van der Waals surface area contributed by atoms with E-state index in [1.54, 1.807) is 37.3 Å². The third kappa shape index (κ3) is 14.7. The van der Waals surface area contributed by atoms with Crippen molar-refractivity contribution in [1.82, 2.24) is 19.5 Å². The molecule has 420 valence electrons. The van der Waals surface area contributed by atoms with Crippen molar-refractivity contribution in [2.45, 2.75) is 89.2 Å². The van der Waals surface area contributed by atoms with Gasteiger partial charge in [-0.25, -0.2) is 28.6 Å². The van der Waals surface area contributed by atoms with Crippen LogP contribution in [0.1, 0.15) is 98.5 Å². The number of phosphoric ester groups is 1. The molecule has 0 amide bonds. The third-order valence-corrected chi connectivity index (χ3v) is 16.3. The van der Waals surface area contributed by atoms with Crippen LogP contribution in [0.5, 0.6) is 11.5 Å². The number of anilines is 1. The maximum atomic E-state index is 13.5. The molecule has 2 aromatic heterocycles. The zero-order valence-electron chi connectivity index (χ0n) is 41.9. The molecule has 1 aliphatic carbocycles. The number of carbonyl (C=O) groups is 3. The molecule has 7 N–H and O–H groups in total. The van der Waals surface area contributed by atoms with E-state index in [0.29, 0.717) is 65.3 Å². The summed E-state index contributed by atoms with van der Waals surface area (Å²) in [7, 11) is -16.9. The normalized spacial score (nSPS) is 17.3. The van der Waals surface area contributed by atoms with Crippen LogP contribution < -0.4 is 15.5 Å². The number of nitrogens with zero attached hydrogens (tertiary/aromatic N) is 5. The van der Waals surface area contributed by atoms with E-state index in [4.69, 9.17) is 23.7 Å². The fraction of sp³-hybridized carbons (Fsp3) is 0.300. The average molecular weight is 1160 g/mol. The molecule has 6 atom stereocenters. The number of Topliss-reactive ketones (excluding diaryl/α,β-unsaturated/α-hetero) is 2. The number of phosphoric acid groups is 3. The highest BCUT2D eigenvalue weighted by Crippen LogP contribution is 2.66. The van der Waals surface area contributed by atoms with E-state index < -0.39 is 59.5 Å². The number of nitro groups is 1. The van der Waals surface area contributed by atoms with Crippen molar-refractivity contribution in [3.63, 3.8) is 0 Å². The summed E-state index contributed by atoms with van der Waals surface area (Å²) in [5, 5.41) is 36.7. The molecule has 1 fully saturated rings. The van der Waals surface area contributed by atoms with E-state index in [0.717, 1.165) is 0 Å². The molecule has 3 aliphatic rings. The molecule has 0 saturated carbocycles. The Labute approximate surface area is 452 Å². The number of aromatic hydroxyl groups is 1. The first-order valence-corrected chi connectivity index (χ1v) is 28.8. The first-order chi connectivity index (χ1) is 38.0. The Hall–Kier alpha value is -7.40. The summed E-state index contributed by atoms with van der Waals surface area (Å²) in [5.74, 6) is 6.15. The summed E-state index contributed by atoms with van der Waals surface area (Å²) < 4.78 is 65.2. The predicted molar refractivity (Wildman–Crippen MR) is 281 cm³/mol. The zero-order chi connectivity index (χ0) is 57.5. The lowest BCUT2D eigenvalue weighted by molar-refractivity contribution is -0.385. The van der Waals surface area contributed by atoms with E-state index in [1.165, 1.54) is 59.7 Å². The summed E-state index contributed by atoms with van der Waals surface area (Å²) in [5.41, 5.74) is 2.56. The number of aliphatic hydroxyl groups is 1. The number of hydrogen-bond donors (Lipinski definition) is 7. The number of rotatable bonds is 25. The molecule has 27 nitrogen and oxygen atoms in total. The number of phenols is 1.